The van der Waals surface area contributed by atoms with E-state index in [9.17, 15) is 10.1 Å². The third-order valence-corrected chi connectivity index (χ3v) is 2.67. The minimum absolute atomic E-state index is 0.0268. The lowest BCUT2D eigenvalue weighted by atomic mass is 10.2. The van der Waals surface area contributed by atoms with E-state index < -0.39 is 0 Å². The van der Waals surface area contributed by atoms with Gasteiger partial charge in [-0.1, -0.05) is 13.0 Å². The van der Waals surface area contributed by atoms with Crippen LogP contribution >= 0.6 is 0 Å². The van der Waals surface area contributed by atoms with Gasteiger partial charge in [-0.05, 0) is 18.6 Å². The van der Waals surface area contributed by atoms with E-state index in [1.54, 1.807) is 25.2 Å². The number of benzene rings is 1. The normalized spacial score (nSPS) is 10.2. The molecule has 0 aliphatic heterocycles. The van der Waals surface area contributed by atoms with Crippen LogP contribution in [0.15, 0.2) is 18.2 Å². The Bertz CT molecular complexity index is 404. The van der Waals surface area contributed by atoms with Crippen molar-refractivity contribution in [2.45, 2.75) is 13.3 Å². The second-order valence-electron chi connectivity index (χ2n) is 3.89. The topological polar surface area (TPSA) is 78.6 Å². The molecule has 100 valence electrons. The fourth-order valence-electron chi connectivity index (χ4n) is 1.92. The minimum Gasteiger partial charge on any atom is -0.395 e. The number of rotatable bonds is 7. The van der Waals surface area contributed by atoms with Crippen LogP contribution in [0, 0.1) is 10.1 Å². The first kappa shape index (κ1) is 14.2. The van der Waals surface area contributed by atoms with Gasteiger partial charge in [-0.3, -0.25) is 10.1 Å². The SMILES string of the molecule is CCCN(CCO)c1cccc(NC)c1[N+](=O)[O-]. The molecule has 0 fully saturated rings. The molecule has 1 aromatic carbocycles. The predicted molar refractivity (Wildman–Crippen MR) is 72.2 cm³/mol. The van der Waals surface area contributed by atoms with Crippen LogP contribution in [-0.2, 0) is 0 Å². The Kier molecular flexibility index (Phi) is 5.38. The molecule has 0 bridgehead atoms. The van der Waals surface area contributed by atoms with Crippen molar-refractivity contribution in [3.63, 3.8) is 0 Å². The van der Waals surface area contributed by atoms with Crippen LogP contribution < -0.4 is 10.2 Å². The monoisotopic (exact) mass is 253 g/mol. The summed E-state index contributed by atoms with van der Waals surface area (Å²) in [7, 11) is 1.66. The average Bonchev–Trinajstić information content (AvgIpc) is 2.37. The molecule has 0 saturated carbocycles. The Morgan fingerprint density at radius 2 is 2.17 bits per heavy atom. The molecule has 1 rings (SSSR count). The standard InChI is InChI=1S/C12H19N3O3/c1-3-7-14(8-9-16)11-6-4-5-10(13-2)12(11)15(17)18/h4-6,13,16H,3,7-9H2,1-2H3. The molecule has 0 atom stereocenters. The lowest BCUT2D eigenvalue weighted by Crippen LogP contribution is -2.28. The number of anilines is 2. The van der Waals surface area contributed by atoms with Gasteiger partial charge in [-0.2, -0.15) is 0 Å². The molecule has 2 N–H and O–H groups in total. The fourth-order valence-corrected chi connectivity index (χ4v) is 1.92. The lowest BCUT2D eigenvalue weighted by Gasteiger charge is -2.23. The van der Waals surface area contributed by atoms with Gasteiger partial charge >= 0.3 is 5.69 Å². The number of nitro benzene ring substituents is 1. The highest BCUT2D eigenvalue weighted by Gasteiger charge is 2.22. The first-order valence-corrected chi connectivity index (χ1v) is 5.96. The Morgan fingerprint density at radius 1 is 1.44 bits per heavy atom. The van der Waals surface area contributed by atoms with Gasteiger partial charge < -0.3 is 15.3 Å². The van der Waals surface area contributed by atoms with Crippen molar-refractivity contribution >= 4 is 17.1 Å². The first-order chi connectivity index (χ1) is 8.65. The highest BCUT2D eigenvalue weighted by molar-refractivity contribution is 5.76. The van der Waals surface area contributed by atoms with Crippen LogP contribution in [0.3, 0.4) is 0 Å². The van der Waals surface area contributed by atoms with Crippen LogP contribution in [0.2, 0.25) is 0 Å². The zero-order valence-electron chi connectivity index (χ0n) is 10.7. The number of aliphatic hydroxyl groups is 1. The molecule has 0 saturated heterocycles. The minimum atomic E-state index is -0.388. The summed E-state index contributed by atoms with van der Waals surface area (Å²) in [6, 6.07) is 5.16. The quantitative estimate of drug-likeness (QED) is 0.572. The van der Waals surface area contributed by atoms with E-state index >= 15 is 0 Å². The zero-order chi connectivity index (χ0) is 13.5. The molecule has 6 nitrogen and oxygen atoms in total. The van der Waals surface area contributed by atoms with Crippen LogP contribution in [0.25, 0.3) is 0 Å². The number of aliphatic hydroxyl groups excluding tert-OH is 1. The molecule has 0 radical (unpaired) electrons. The van der Waals surface area contributed by atoms with Gasteiger partial charge in [0.05, 0.1) is 11.5 Å². The highest BCUT2D eigenvalue weighted by atomic mass is 16.6. The third kappa shape index (κ3) is 3.10. The van der Waals surface area contributed by atoms with Gasteiger partial charge in [-0.25, -0.2) is 0 Å². The number of nitrogens with one attached hydrogen (secondary N) is 1. The molecule has 0 aliphatic carbocycles. The van der Waals surface area contributed by atoms with Gasteiger partial charge in [0.2, 0.25) is 0 Å². The van der Waals surface area contributed by atoms with Gasteiger partial charge in [0, 0.05) is 20.1 Å². The average molecular weight is 253 g/mol. The maximum atomic E-state index is 11.2. The van der Waals surface area contributed by atoms with Crippen LogP contribution in [0.1, 0.15) is 13.3 Å². The number of hydrogen-bond donors (Lipinski definition) is 2. The van der Waals surface area contributed by atoms with E-state index in [1.165, 1.54) is 0 Å². The highest BCUT2D eigenvalue weighted by Crippen LogP contribution is 2.35. The summed E-state index contributed by atoms with van der Waals surface area (Å²) >= 11 is 0. The summed E-state index contributed by atoms with van der Waals surface area (Å²) in [5, 5.41) is 23.1. The van der Waals surface area contributed by atoms with E-state index in [2.05, 4.69) is 5.32 Å². The molecule has 0 aromatic heterocycles. The summed E-state index contributed by atoms with van der Waals surface area (Å²) in [5.74, 6) is 0. The summed E-state index contributed by atoms with van der Waals surface area (Å²) in [4.78, 5) is 12.6. The largest absolute Gasteiger partial charge is 0.395 e. The van der Waals surface area contributed by atoms with E-state index in [0.717, 1.165) is 6.42 Å². The first-order valence-electron chi connectivity index (χ1n) is 5.96. The Balaban J connectivity index is 3.23. The smallest absolute Gasteiger partial charge is 0.315 e. The molecule has 0 heterocycles. The maximum absolute atomic E-state index is 11.2. The Hall–Kier alpha value is -1.82. The molecule has 0 unspecified atom stereocenters. The van der Waals surface area contributed by atoms with Gasteiger partial charge in [-0.15, -0.1) is 0 Å². The van der Waals surface area contributed by atoms with Crippen LogP contribution in [0.5, 0.6) is 0 Å². The molecule has 0 spiro atoms. The zero-order valence-corrected chi connectivity index (χ0v) is 10.7. The van der Waals surface area contributed by atoms with Crippen LogP contribution in [0.4, 0.5) is 17.1 Å². The number of para-hydroxylation sites is 1. The van der Waals surface area contributed by atoms with E-state index in [-0.39, 0.29) is 17.2 Å². The van der Waals surface area contributed by atoms with Gasteiger partial charge in [0.15, 0.2) is 0 Å². The van der Waals surface area contributed by atoms with Crippen molar-refractivity contribution in [2.24, 2.45) is 0 Å². The third-order valence-electron chi connectivity index (χ3n) is 2.67. The molecule has 6 heteroatoms. The Labute approximate surface area is 106 Å². The summed E-state index contributed by atoms with van der Waals surface area (Å²) < 4.78 is 0. The Morgan fingerprint density at radius 3 is 2.67 bits per heavy atom. The van der Waals surface area contributed by atoms with Gasteiger partial charge in [0.1, 0.15) is 11.4 Å². The van der Waals surface area contributed by atoms with Gasteiger partial charge in [0.25, 0.3) is 0 Å². The van der Waals surface area contributed by atoms with Crippen molar-refractivity contribution in [3.8, 4) is 0 Å². The molecular formula is C12H19N3O3. The second-order valence-corrected chi connectivity index (χ2v) is 3.89. The summed E-state index contributed by atoms with van der Waals surface area (Å²) in [6.07, 6.45) is 0.862. The molecule has 0 amide bonds. The molecule has 1 aromatic rings. The van der Waals surface area contributed by atoms with Crippen molar-refractivity contribution in [2.75, 3.05) is 37.0 Å². The van der Waals surface area contributed by atoms with Crippen molar-refractivity contribution in [1.29, 1.82) is 0 Å². The van der Waals surface area contributed by atoms with E-state index in [0.29, 0.717) is 24.5 Å². The summed E-state index contributed by atoms with van der Waals surface area (Å²) in [6.45, 7) is 3.04. The van der Waals surface area contributed by atoms with Crippen molar-refractivity contribution in [3.05, 3.63) is 28.3 Å². The second kappa shape index (κ2) is 6.80. The van der Waals surface area contributed by atoms with Crippen molar-refractivity contribution < 1.29 is 10.0 Å². The lowest BCUT2D eigenvalue weighted by molar-refractivity contribution is -0.383. The fraction of sp³-hybridized carbons (Fsp3) is 0.500. The number of nitro groups is 1. The summed E-state index contributed by atoms with van der Waals surface area (Å²) in [5.41, 5.74) is 1.08. The number of hydrogen-bond acceptors (Lipinski definition) is 5. The predicted octanol–water partition coefficient (Wildman–Crippen LogP) is 1.85. The van der Waals surface area contributed by atoms with Crippen molar-refractivity contribution in [1.82, 2.24) is 0 Å². The molecular weight excluding hydrogens is 234 g/mol. The molecule has 18 heavy (non-hydrogen) atoms. The van der Waals surface area contributed by atoms with E-state index in [4.69, 9.17) is 5.11 Å². The van der Waals surface area contributed by atoms with E-state index in [1.807, 2.05) is 11.8 Å². The van der Waals surface area contributed by atoms with Crippen LogP contribution in [-0.4, -0.2) is 36.8 Å². The molecule has 0 aliphatic rings. The maximum Gasteiger partial charge on any atom is 0.315 e. The number of nitrogens with zero attached hydrogens (tertiary/aromatic N) is 2.